The maximum absolute atomic E-state index is 12.1. The minimum absolute atomic E-state index is 0.142. The Morgan fingerprint density at radius 3 is 2.97 bits per heavy atom. The Morgan fingerprint density at radius 1 is 1.09 bits per heavy atom. The van der Waals surface area contributed by atoms with Crippen molar-refractivity contribution in [1.82, 2.24) is 24.6 Å². The summed E-state index contributed by atoms with van der Waals surface area (Å²) < 4.78 is 7.64. The van der Waals surface area contributed by atoms with E-state index in [2.05, 4.69) is 27.3 Å². The van der Waals surface area contributed by atoms with E-state index in [1.54, 1.807) is 23.6 Å². The summed E-state index contributed by atoms with van der Waals surface area (Å²) in [7, 11) is 0. The number of nitrogens with zero attached hydrogens (tertiary/aromatic N) is 6. The van der Waals surface area contributed by atoms with Gasteiger partial charge < -0.3 is 9.64 Å². The van der Waals surface area contributed by atoms with Crippen LogP contribution in [0.25, 0.3) is 16.8 Å². The normalized spacial score (nSPS) is 15.4. The molecule has 4 aromatic rings. The first kappa shape index (κ1) is 18.9. The van der Waals surface area contributed by atoms with Crippen LogP contribution in [0.15, 0.2) is 49.2 Å². The van der Waals surface area contributed by atoms with Gasteiger partial charge in [0.2, 0.25) is 5.91 Å². The Hall–Kier alpha value is -3.81. The second-order valence-electron chi connectivity index (χ2n) is 8.19. The van der Waals surface area contributed by atoms with Crippen LogP contribution in [-0.4, -0.2) is 43.6 Å². The molecule has 0 aliphatic carbocycles. The highest BCUT2D eigenvalue weighted by Gasteiger charge is 2.23. The summed E-state index contributed by atoms with van der Waals surface area (Å²) in [5.41, 5.74) is 5.89. The van der Waals surface area contributed by atoms with Gasteiger partial charge in [-0.15, -0.1) is 10.2 Å². The summed E-state index contributed by atoms with van der Waals surface area (Å²) in [6, 6.07) is 8.24. The summed E-state index contributed by atoms with van der Waals surface area (Å²) in [5.74, 6) is 2.05. The van der Waals surface area contributed by atoms with Crippen LogP contribution in [0.3, 0.4) is 0 Å². The van der Waals surface area contributed by atoms with Crippen LogP contribution in [0, 0.1) is 0 Å². The van der Waals surface area contributed by atoms with Crippen molar-refractivity contribution >= 4 is 17.2 Å². The highest BCUT2D eigenvalue weighted by atomic mass is 16.5. The molecule has 3 aromatic heterocycles. The molecule has 2 aliphatic rings. The molecule has 160 valence electrons. The lowest BCUT2D eigenvalue weighted by molar-refractivity contribution is -0.117. The number of ether oxygens (including phenoxy) is 1. The Labute approximate surface area is 184 Å². The molecule has 0 atom stereocenters. The van der Waals surface area contributed by atoms with Crippen LogP contribution < -0.4 is 9.64 Å². The molecular formula is C24H22N6O2. The number of benzene rings is 1. The van der Waals surface area contributed by atoms with E-state index in [0.29, 0.717) is 6.42 Å². The lowest BCUT2D eigenvalue weighted by atomic mass is 10.0. The van der Waals surface area contributed by atoms with Crippen LogP contribution in [0.1, 0.15) is 29.8 Å². The summed E-state index contributed by atoms with van der Waals surface area (Å²) in [4.78, 5) is 23.1. The molecule has 0 unspecified atom stereocenters. The molecule has 8 nitrogen and oxygen atoms in total. The van der Waals surface area contributed by atoms with E-state index in [1.807, 2.05) is 22.7 Å². The first-order chi connectivity index (χ1) is 15.8. The van der Waals surface area contributed by atoms with E-state index in [1.165, 1.54) is 11.1 Å². The number of hydrogen-bond donors (Lipinski definition) is 0. The largest absolute Gasteiger partial charge is 0.493 e. The molecule has 1 fully saturated rings. The van der Waals surface area contributed by atoms with Gasteiger partial charge in [0.05, 0.1) is 18.5 Å². The van der Waals surface area contributed by atoms with Gasteiger partial charge in [-0.2, -0.15) is 0 Å². The number of hydrogen-bond acceptors (Lipinski definition) is 6. The molecule has 1 saturated heterocycles. The van der Waals surface area contributed by atoms with E-state index in [4.69, 9.17) is 9.72 Å². The second kappa shape index (κ2) is 7.71. The summed E-state index contributed by atoms with van der Waals surface area (Å²) in [6.45, 7) is 1.49. The van der Waals surface area contributed by atoms with Crippen molar-refractivity contribution in [2.24, 2.45) is 0 Å². The molecular weight excluding hydrogens is 404 g/mol. The van der Waals surface area contributed by atoms with Crippen molar-refractivity contribution in [3.05, 3.63) is 66.1 Å². The molecule has 5 heterocycles. The average Bonchev–Trinajstić information content (AvgIpc) is 3.58. The van der Waals surface area contributed by atoms with Gasteiger partial charge in [0.15, 0.2) is 5.65 Å². The number of rotatable bonds is 5. The van der Waals surface area contributed by atoms with Crippen molar-refractivity contribution in [2.75, 3.05) is 18.1 Å². The third-order valence-corrected chi connectivity index (χ3v) is 6.29. The van der Waals surface area contributed by atoms with Crippen molar-refractivity contribution < 1.29 is 9.53 Å². The topological polar surface area (TPSA) is 85.5 Å². The van der Waals surface area contributed by atoms with E-state index in [0.717, 1.165) is 72.9 Å². The Bertz CT molecular complexity index is 1330. The van der Waals surface area contributed by atoms with Crippen molar-refractivity contribution in [3.8, 4) is 16.9 Å². The average molecular weight is 426 g/mol. The van der Waals surface area contributed by atoms with Gasteiger partial charge in [-0.05, 0) is 30.5 Å². The van der Waals surface area contributed by atoms with Gasteiger partial charge in [0, 0.05) is 54.9 Å². The zero-order chi connectivity index (χ0) is 21.5. The third kappa shape index (κ3) is 3.19. The van der Waals surface area contributed by atoms with Crippen LogP contribution in [-0.2, 0) is 24.1 Å². The van der Waals surface area contributed by atoms with Gasteiger partial charge in [-0.1, -0.05) is 12.1 Å². The van der Waals surface area contributed by atoms with Gasteiger partial charge in [-0.25, -0.2) is 4.98 Å². The Balaban J connectivity index is 1.31. The van der Waals surface area contributed by atoms with Crippen molar-refractivity contribution in [3.63, 3.8) is 0 Å². The molecule has 0 saturated carbocycles. The smallest absolute Gasteiger partial charge is 0.227 e. The van der Waals surface area contributed by atoms with Crippen molar-refractivity contribution in [2.45, 2.75) is 32.1 Å². The molecule has 0 N–H and O–H groups in total. The molecule has 0 bridgehead atoms. The Morgan fingerprint density at radius 2 is 2.06 bits per heavy atom. The standard InChI is InChI=1S/C24H22N6O2/c31-23-5-2-9-29(23)18-11-17(12-25-13-18)20-14-26-22(30-15-27-28-24(20)30)7-6-16-3-1-4-21-19(16)8-10-32-21/h1,3-4,11-15H,2,5-10H2. The number of carbonyl (C=O) groups is 1. The van der Waals surface area contributed by atoms with Gasteiger partial charge in [0.1, 0.15) is 17.9 Å². The van der Waals surface area contributed by atoms with Gasteiger partial charge >= 0.3 is 0 Å². The molecule has 32 heavy (non-hydrogen) atoms. The number of anilines is 1. The molecule has 0 radical (unpaired) electrons. The fraction of sp³-hybridized carbons (Fsp3) is 0.292. The van der Waals surface area contributed by atoms with Crippen LogP contribution in [0.5, 0.6) is 5.75 Å². The zero-order valence-corrected chi connectivity index (χ0v) is 17.6. The van der Waals surface area contributed by atoms with Gasteiger partial charge in [0.25, 0.3) is 0 Å². The number of pyridine rings is 1. The van der Waals surface area contributed by atoms with Crippen molar-refractivity contribution in [1.29, 1.82) is 0 Å². The molecule has 1 amide bonds. The summed E-state index contributed by atoms with van der Waals surface area (Å²) >= 11 is 0. The minimum Gasteiger partial charge on any atom is -0.493 e. The first-order valence-corrected chi connectivity index (χ1v) is 10.9. The maximum atomic E-state index is 12.1. The van der Waals surface area contributed by atoms with Crippen LogP contribution in [0.4, 0.5) is 5.69 Å². The Kier molecular flexibility index (Phi) is 4.56. The fourth-order valence-electron chi connectivity index (χ4n) is 4.67. The molecule has 6 rings (SSSR count). The highest BCUT2D eigenvalue weighted by molar-refractivity contribution is 5.96. The quantitative estimate of drug-likeness (QED) is 0.488. The van der Waals surface area contributed by atoms with Crippen LogP contribution in [0.2, 0.25) is 0 Å². The lowest BCUT2D eigenvalue weighted by Crippen LogP contribution is -2.23. The summed E-state index contributed by atoms with van der Waals surface area (Å²) in [6.07, 6.45) is 11.1. The number of aryl methyl sites for hydroxylation is 2. The molecule has 0 spiro atoms. The third-order valence-electron chi connectivity index (χ3n) is 6.29. The van der Waals surface area contributed by atoms with E-state index >= 15 is 0 Å². The molecule has 8 heteroatoms. The number of aromatic nitrogens is 5. The minimum atomic E-state index is 0.142. The molecule has 1 aromatic carbocycles. The summed E-state index contributed by atoms with van der Waals surface area (Å²) in [5, 5.41) is 8.50. The second-order valence-corrected chi connectivity index (χ2v) is 8.19. The molecule has 2 aliphatic heterocycles. The zero-order valence-electron chi connectivity index (χ0n) is 17.6. The number of carbonyl (C=O) groups excluding carboxylic acids is 1. The SMILES string of the molecule is O=C1CCCN1c1cncc(-c2cnc(CCc3cccc4c3CCO4)n3cnnc23)c1. The van der Waals surface area contributed by atoms with E-state index in [9.17, 15) is 4.79 Å². The fourth-order valence-corrected chi connectivity index (χ4v) is 4.67. The van der Waals surface area contributed by atoms with Gasteiger partial charge in [-0.3, -0.25) is 14.2 Å². The predicted octanol–water partition coefficient (Wildman–Crippen LogP) is 3.03. The number of amides is 1. The van der Waals surface area contributed by atoms with Crippen LogP contribution >= 0.6 is 0 Å². The number of fused-ring (bicyclic) bond motifs is 2. The predicted molar refractivity (Wildman–Crippen MR) is 119 cm³/mol. The highest BCUT2D eigenvalue weighted by Crippen LogP contribution is 2.30. The van der Waals surface area contributed by atoms with E-state index in [-0.39, 0.29) is 5.91 Å². The lowest BCUT2D eigenvalue weighted by Gasteiger charge is -2.16. The maximum Gasteiger partial charge on any atom is 0.227 e. The monoisotopic (exact) mass is 426 g/mol. The first-order valence-electron chi connectivity index (χ1n) is 10.9. The van der Waals surface area contributed by atoms with E-state index < -0.39 is 0 Å².